The maximum Gasteiger partial charge on any atom is 0.221 e. The van der Waals surface area contributed by atoms with Gasteiger partial charge in [-0.2, -0.15) is 0 Å². The fraction of sp³-hybridized carbons (Fsp3) is 0. The summed E-state index contributed by atoms with van der Waals surface area (Å²) in [5.41, 5.74) is 6.73. The van der Waals surface area contributed by atoms with Crippen LogP contribution < -0.4 is 5.73 Å². The van der Waals surface area contributed by atoms with Crippen LogP contribution in [0.3, 0.4) is 0 Å². The first kappa shape index (κ1) is 8.90. The lowest BCUT2D eigenvalue weighted by Gasteiger charge is -1.94. The second-order valence-corrected chi connectivity index (χ2v) is 3.38. The maximum atomic E-state index is 11.5. The van der Waals surface area contributed by atoms with E-state index in [0.717, 1.165) is 10.9 Å². The smallest absolute Gasteiger partial charge is 0.221 e. The number of benzene rings is 1. The van der Waals surface area contributed by atoms with Crippen molar-refractivity contribution in [2.75, 3.05) is 0 Å². The molecule has 0 aliphatic heterocycles. The molecule has 0 aliphatic carbocycles. The first-order valence-corrected chi connectivity index (χ1v) is 4.51. The molecule has 2 rings (SSSR count). The third-order valence-corrected chi connectivity index (χ3v) is 2.24. The molecule has 14 heavy (non-hydrogen) atoms. The van der Waals surface area contributed by atoms with E-state index in [4.69, 9.17) is 5.73 Å². The van der Waals surface area contributed by atoms with E-state index in [2.05, 4.69) is 17.2 Å². The number of carbonyl (C=O) groups excluding carboxylic acids is 1. The summed E-state index contributed by atoms with van der Waals surface area (Å²) in [6.45, 7) is 0. The summed E-state index contributed by atoms with van der Waals surface area (Å²) in [6, 6.07) is 7.52. The topological polar surface area (TPSA) is 58.9 Å². The quantitative estimate of drug-likeness (QED) is 0.577. The molecule has 3 N–H and O–H groups in total. The zero-order valence-corrected chi connectivity index (χ0v) is 8.10. The second-order valence-electron chi connectivity index (χ2n) is 2.94. The summed E-state index contributed by atoms with van der Waals surface area (Å²) in [5, 5.41) is 0.852. The van der Waals surface area contributed by atoms with E-state index in [1.165, 1.54) is 0 Å². The van der Waals surface area contributed by atoms with Gasteiger partial charge >= 0.3 is 0 Å². The lowest BCUT2D eigenvalue weighted by atomic mass is 10.1. The standard InChI is InChI=1S/C10H8N2OS/c11-10(14)9(13)7-5-12-8-4-2-1-3-6(7)8/h1-5,12H,(H2,11,14). The van der Waals surface area contributed by atoms with Gasteiger partial charge in [0.2, 0.25) is 5.78 Å². The maximum absolute atomic E-state index is 11.5. The number of aromatic amines is 1. The first-order valence-electron chi connectivity index (χ1n) is 4.10. The number of Topliss-reactive ketones (excluding diaryl/α,β-unsaturated/α-hetero) is 1. The molecule has 0 amide bonds. The molecule has 0 aliphatic rings. The minimum absolute atomic E-state index is 0.102. The number of para-hydroxylation sites is 1. The fourth-order valence-electron chi connectivity index (χ4n) is 1.39. The van der Waals surface area contributed by atoms with Crippen LogP contribution in [-0.2, 0) is 0 Å². The highest BCUT2D eigenvalue weighted by Crippen LogP contribution is 2.17. The molecule has 2 aromatic rings. The highest BCUT2D eigenvalue weighted by atomic mass is 32.1. The summed E-state index contributed by atoms with van der Waals surface area (Å²) in [5.74, 6) is -0.294. The third-order valence-electron chi connectivity index (χ3n) is 2.06. The van der Waals surface area contributed by atoms with Crippen molar-refractivity contribution in [3.63, 3.8) is 0 Å². The van der Waals surface area contributed by atoms with Crippen LogP contribution >= 0.6 is 12.2 Å². The van der Waals surface area contributed by atoms with Gasteiger partial charge in [-0.15, -0.1) is 0 Å². The van der Waals surface area contributed by atoms with E-state index in [9.17, 15) is 4.79 Å². The van der Waals surface area contributed by atoms with E-state index in [-0.39, 0.29) is 10.8 Å². The van der Waals surface area contributed by atoms with E-state index in [0.29, 0.717) is 5.56 Å². The Labute approximate surface area is 85.9 Å². The Morgan fingerprint density at radius 3 is 2.79 bits per heavy atom. The van der Waals surface area contributed by atoms with Crippen LogP contribution in [0.5, 0.6) is 0 Å². The lowest BCUT2D eigenvalue weighted by Crippen LogP contribution is -2.20. The van der Waals surface area contributed by atoms with Crippen LogP contribution in [0.1, 0.15) is 10.4 Å². The molecule has 0 unspecified atom stereocenters. The molecular weight excluding hydrogens is 196 g/mol. The Kier molecular flexibility index (Phi) is 2.05. The van der Waals surface area contributed by atoms with Crippen molar-refractivity contribution < 1.29 is 4.79 Å². The minimum atomic E-state index is -0.294. The van der Waals surface area contributed by atoms with Crippen LogP contribution in [-0.4, -0.2) is 15.8 Å². The number of nitrogens with one attached hydrogen (secondary N) is 1. The molecule has 0 atom stereocenters. The highest BCUT2D eigenvalue weighted by molar-refractivity contribution is 7.82. The second kappa shape index (κ2) is 3.23. The van der Waals surface area contributed by atoms with Crippen LogP contribution in [0.4, 0.5) is 0 Å². The molecular formula is C10H8N2OS. The molecule has 1 aromatic heterocycles. The van der Waals surface area contributed by atoms with Crippen molar-refractivity contribution in [2.45, 2.75) is 0 Å². The number of carbonyl (C=O) groups is 1. The predicted molar refractivity (Wildman–Crippen MR) is 59.4 cm³/mol. The van der Waals surface area contributed by atoms with Crippen molar-refractivity contribution in [1.29, 1.82) is 0 Å². The number of H-pyrrole nitrogens is 1. The van der Waals surface area contributed by atoms with Crippen molar-refractivity contribution in [2.24, 2.45) is 5.73 Å². The minimum Gasteiger partial charge on any atom is -0.387 e. The molecule has 1 heterocycles. The number of nitrogens with two attached hydrogens (primary N) is 1. The van der Waals surface area contributed by atoms with Gasteiger partial charge in [0.05, 0.1) is 5.56 Å². The van der Waals surface area contributed by atoms with Gasteiger partial charge in [-0.1, -0.05) is 30.4 Å². The van der Waals surface area contributed by atoms with Crippen molar-refractivity contribution in [3.05, 3.63) is 36.0 Å². The van der Waals surface area contributed by atoms with E-state index in [1.807, 2.05) is 24.3 Å². The Morgan fingerprint density at radius 2 is 2.07 bits per heavy atom. The summed E-state index contributed by atoms with van der Waals surface area (Å²) in [6.07, 6.45) is 1.63. The number of rotatable bonds is 2. The summed E-state index contributed by atoms with van der Waals surface area (Å²) < 4.78 is 0. The van der Waals surface area contributed by atoms with Gasteiger partial charge in [-0.3, -0.25) is 4.79 Å². The molecule has 0 saturated heterocycles. The predicted octanol–water partition coefficient (Wildman–Crippen LogP) is 1.64. The van der Waals surface area contributed by atoms with Crippen molar-refractivity contribution >= 4 is 33.9 Å². The molecule has 0 bridgehead atoms. The lowest BCUT2D eigenvalue weighted by molar-refractivity contribution is 0.106. The van der Waals surface area contributed by atoms with Gasteiger partial charge in [-0.05, 0) is 6.07 Å². The Hall–Kier alpha value is -1.68. The SMILES string of the molecule is NC(=S)C(=O)c1c[nH]c2ccccc12. The van der Waals surface area contributed by atoms with Crippen molar-refractivity contribution in [3.8, 4) is 0 Å². The van der Waals surface area contributed by atoms with E-state index in [1.54, 1.807) is 6.20 Å². The average Bonchev–Trinajstić information content (AvgIpc) is 2.60. The number of hydrogen-bond acceptors (Lipinski definition) is 2. The molecule has 70 valence electrons. The van der Waals surface area contributed by atoms with Crippen LogP contribution in [0.2, 0.25) is 0 Å². The molecule has 0 radical (unpaired) electrons. The normalized spacial score (nSPS) is 10.3. The van der Waals surface area contributed by atoms with Gasteiger partial charge < -0.3 is 10.7 Å². The Morgan fingerprint density at radius 1 is 1.36 bits per heavy atom. The van der Waals surface area contributed by atoms with E-state index >= 15 is 0 Å². The number of aromatic nitrogens is 1. The summed E-state index contributed by atoms with van der Waals surface area (Å²) in [4.78, 5) is 14.4. The van der Waals surface area contributed by atoms with Crippen LogP contribution in [0.15, 0.2) is 30.5 Å². The van der Waals surface area contributed by atoms with Crippen molar-refractivity contribution in [1.82, 2.24) is 4.98 Å². The van der Waals surface area contributed by atoms with E-state index < -0.39 is 0 Å². The van der Waals surface area contributed by atoms with Crippen LogP contribution in [0, 0.1) is 0 Å². The Bertz CT molecular complexity index is 516. The van der Waals surface area contributed by atoms with Gasteiger partial charge in [0, 0.05) is 17.1 Å². The monoisotopic (exact) mass is 204 g/mol. The zero-order chi connectivity index (χ0) is 10.1. The number of ketones is 1. The van der Waals surface area contributed by atoms with Crippen LogP contribution in [0.25, 0.3) is 10.9 Å². The molecule has 0 spiro atoms. The van der Waals surface area contributed by atoms with Gasteiger partial charge in [0.15, 0.2) is 0 Å². The largest absolute Gasteiger partial charge is 0.387 e. The van der Waals surface area contributed by atoms with Gasteiger partial charge in [-0.25, -0.2) is 0 Å². The average molecular weight is 204 g/mol. The Balaban J connectivity index is 2.64. The number of thiocarbonyl (C=S) groups is 1. The number of hydrogen-bond donors (Lipinski definition) is 2. The summed E-state index contributed by atoms with van der Waals surface area (Å²) in [7, 11) is 0. The molecule has 0 saturated carbocycles. The van der Waals surface area contributed by atoms with Gasteiger partial charge in [0.25, 0.3) is 0 Å². The molecule has 3 nitrogen and oxygen atoms in total. The highest BCUT2D eigenvalue weighted by Gasteiger charge is 2.13. The third kappa shape index (κ3) is 1.29. The molecule has 1 aromatic carbocycles. The molecule has 0 fully saturated rings. The summed E-state index contributed by atoms with van der Waals surface area (Å²) >= 11 is 4.64. The van der Waals surface area contributed by atoms with Gasteiger partial charge in [0.1, 0.15) is 4.99 Å². The fourth-order valence-corrected chi connectivity index (χ4v) is 1.50. The zero-order valence-electron chi connectivity index (χ0n) is 7.28. The molecule has 4 heteroatoms. The first-order chi connectivity index (χ1) is 6.70. The number of fused-ring (bicyclic) bond motifs is 1.